The first kappa shape index (κ1) is 11.6. The molecule has 0 aliphatic rings. The maximum absolute atomic E-state index is 10.8. The lowest BCUT2D eigenvalue weighted by Crippen LogP contribution is -2.11. The molecule has 0 radical (unpaired) electrons. The summed E-state index contributed by atoms with van der Waals surface area (Å²) in [5.41, 5.74) is 0.972. The van der Waals surface area contributed by atoms with E-state index in [1.807, 2.05) is 6.07 Å². The summed E-state index contributed by atoms with van der Waals surface area (Å²) in [5.74, 6) is -0.232. The van der Waals surface area contributed by atoms with E-state index < -0.39 is 5.97 Å². The molecule has 0 heterocycles. The fourth-order valence-electron chi connectivity index (χ4n) is 1.22. The molecular weight excluding hydrogens is 192 g/mol. The number of ether oxygens (including phenoxy) is 1. The summed E-state index contributed by atoms with van der Waals surface area (Å²) in [5, 5.41) is 9.47. The third-order valence-electron chi connectivity index (χ3n) is 2.08. The Bertz CT molecular complexity index is 375. The summed E-state index contributed by atoms with van der Waals surface area (Å²) in [6, 6.07) is 5.05. The summed E-state index contributed by atoms with van der Waals surface area (Å²) in [6.07, 6.45) is 0. The second kappa shape index (κ2) is 3.93. The van der Waals surface area contributed by atoms with E-state index in [9.17, 15) is 9.90 Å². The van der Waals surface area contributed by atoms with Gasteiger partial charge in [0.25, 0.3) is 0 Å². The molecule has 1 rings (SSSR count). The van der Waals surface area contributed by atoms with E-state index in [0.29, 0.717) is 0 Å². The zero-order valence-electron chi connectivity index (χ0n) is 9.50. The second-order valence-corrected chi connectivity index (χ2v) is 4.53. The first-order valence-corrected chi connectivity index (χ1v) is 4.82. The van der Waals surface area contributed by atoms with E-state index in [1.165, 1.54) is 6.92 Å². The van der Waals surface area contributed by atoms with Crippen LogP contribution in [0.4, 0.5) is 0 Å². The Morgan fingerprint density at radius 2 is 1.93 bits per heavy atom. The zero-order chi connectivity index (χ0) is 11.6. The lowest BCUT2D eigenvalue weighted by Gasteiger charge is -2.19. The lowest BCUT2D eigenvalue weighted by molar-refractivity contribution is -0.132. The van der Waals surface area contributed by atoms with Crippen molar-refractivity contribution in [1.82, 2.24) is 0 Å². The fourth-order valence-corrected chi connectivity index (χ4v) is 1.22. The quantitative estimate of drug-likeness (QED) is 0.570. The van der Waals surface area contributed by atoms with Crippen LogP contribution in [0.15, 0.2) is 18.2 Å². The van der Waals surface area contributed by atoms with Gasteiger partial charge in [-0.2, -0.15) is 0 Å². The largest absolute Gasteiger partial charge is 0.504 e. The van der Waals surface area contributed by atoms with Crippen LogP contribution < -0.4 is 4.74 Å². The van der Waals surface area contributed by atoms with Crippen LogP contribution in [-0.2, 0) is 10.2 Å². The maximum Gasteiger partial charge on any atom is 0.308 e. The molecule has 82 valence electrons. The van der Waals surface area contributed by atoms with Crippen molar-refractivity contribution in [2.75, 3.05) is 0 Å². The highest BCUT2D eigenvalue weighted by Crippen LogP contribution is 2.32. The molecule has 0 bridgehead atoms. The first-order valence-electron chi connectivity index (χ1n) is 4.82. The van der Waals surface area contributed by atoms with E-state index in [2.05, 4.69) is 20.8 Å². The number of carbonyl (C=O) groups is 1. The Morgan fingerprint density at radius 3 is 2.40 bits per heavy atom. The third kappa shape index (κ3) is 2.98. The predicted molar refractivity (Wildman–Crippen MR) is 58.1 cm³/mol. The fraction of sp³-hybridized carbons (Fsp3) is 0.417. The van der Waals surface area contributed by atoms with Gasteiger partial charge in [-0.25, -0.2) is 0 Å². The number of phenols is 1. The van der Waals surface area contributed by atoms with Gasteiger partial charge in [0.1, 0.15) is 0 Å². The molecule has 0 atom stereocenters. The predicted octanol–water partition coefficient (Wildman–Crippen LogP) is 2.62. The minimum atomic E-state index is -0.434. The molecule has 15 heavy (non-hydrogen) atoms. The molecule has 0 aliphatic heterocycles. The molecular formula is C12H16O3. The Labute approximate surface area is 89.7 Å². The van der Waals surface area contributed by atoms with Gasteiger partial charge in [0.05, 0.1) is 0 Å². The maximum atomic E-state index is 10.8. The minimum absolute atomic E-state index is 0.0156. The minimum Gasteiger partial charge on any atom is -0.504 e. The van der Waals surface area contributed by atoms with Crippen molar-refractivity contribution in [3.05, 3.63) is 23.8 Å². The molecule has 1 aromatic carbocycles. The number of aromatic hydroxyl groups is 1. The summed E-state index contributed by atoms with van der Waals surface area (Å²) >= 11 is 0. The Balaban J connectivity index is 3.11. The Kier molecular flexibility index (Phi) is 3.03. The topological polar surface area (TPSA) is 46.5 Å². The summed E-state index contributed by atoms with van der Waals surface area (Å²) in [6.45, 7) is 7.47. The normalized spacial score (nSPS) is 11.2. The molecule has 1 N–H and O–H groups in total. The highest BCUT2D eigenvalue weighted by Gasteiger charge is 2.16. The van der Waals surface area contributed by atoms with Crippen LogP contribution in [0.1, 0.15) is 33.3 Å². The molecule has 0 unspecified atom stereocenters. The van der Waals surface area contributed by atoms with Gasteiger partial charge in [0, 0.05) is 6.92 Å². The molecule has 0 saturated heterocycles. The highest BCUT2D eigenvalue weighted by atomic mass is 16.5. The second-order valence-electron chi connectivity index (χ2n) is 4.53. The Morgan fingerprint density at radius 1 is 1.33 bits per heavy atom. The molecule has 0 aromatic heterocycles. The molecule has 0 fully saturated rings. The van der Waals surface area contributed by atoms with Crippen LogP contribution in [0.5, 0.6) is 11.5 Å². The third-order valence-corrected chi connectivity index (χ3v) is 2.08. The van der Waals surface area contributed by atoms with Crippen LogP contribution in [-0.4, -0.2) is 11.1 Å². The SMILES string of the molecule is CC(=O)Oc1cc(C(C)(C)C)ccc1O. The monoisotopic (exact) mass is 208 g/mol. The molecule has 0 aliphatic carbocycles. The average molecular weight is 208 g/mol. The van der Waals surface area contributed by atoms with E-state index >= 15 is 0 Å². The summed E-state index contributed by atoms with van der Waals surface area (Å²) < 4.78 is 4.89. The summed E-state index contributed by atoms with van der Waals surface area (Å²) in [7, 11) is 0. The van der Waals surface area contributed by atoms with Crippen molar-refractivity contribution >= 4 is 5.97 Å². The molecule has 1 aromatic rings. The van der Waals surface area contributed by atoms with Gasteiger partial charge in [0.2, 0.25) is 0 Å². The summed E-state index contributed by atoms with van der Waals surface area (Å²) in [4.78, 5) is 10.8. The van der Waals surface area contributed by atoms with Crippen LogP contribution in [0.3, 0.4) is 0 Å². The van der Waals surface area contributed by atoms with Crippen molar-refractivity contribution in [3.8, 4) is 11.5 Å². The molecule has 3 heteroatoms. The van der Waals surface area contributed by atoms with Gasteiger partial charge in [-0.3, -0.25) is 4.79 Å². The van der Waals surface area contributed by atoms with Gasteiger partial charge >= 0.3 is 5.97 Å². The first-order chi connectivity index (χ1) is 6.80. The van der Waals surface area contributed by atoms with E-state index in [-0.39, 0.29) is 16.9 Å². The highest BCUT2D eigenvalue weighted by molar-refractivity contribution is 5.70. The van der Waals surface area contributed by atoms with Gasteiger partial charge in [0.15, 0.2) is 11.5 Å². The van der Waals surface area contributed by atoms with Crippen LogP contribution >= 0.6 is 0 Å². The number of rotatable bonds is 1. The molecule has 3 nitrogen and oxygen atoms in total. The van der Waals surface area contributed by atoms with Gasteiger partial charge < -0.3 is 9.84 Å². The van der Waals surface area contributed by atoms with Crippen LogP contribution in [0, 0.1) is 0 Å². The van der Waals surface area contributed by atoms with Crippen molar-refractivity contribution in [2.24, 2.45) is 0 Å². The number of hydrogen-bond acceptors (Lipinski definition) is 3. The number of carbonyl (C=O) groups excluding carboxylic acids is 1. The smallest absolute Gasteiger partial charge is 0.308 e. The van der Waals surface area contributed by atoms with Crippen molar-refractivity contribution in [1.29, 1.82) is 0 Å². The molecule has 0 saturated carbocycles. The number of benzene rings is 1. The van der Waals surface area contributed by atoms with E-state index in [1.54, 1.807) is 12.1 Å². The van der Waals surface area contributed by atoms with Gasteiger partial charge in [-0.15, -0.1) is 0 Å². The lowest BCUT2D eigenvalue weighted by atomic mass is 9.87. The van der Waals surface area contributed by atoms with Gasteiger partial charge in [-0.1, -0.05) is 26.8 Å². The molecule has 0 amide bonds. The van der Waals surface area contributed by atoms with Crippen molar-refractivity contribution < 1.29 is 14.6 Å². The standard InChI is InChI=1S/C12H16O3/c1-8(13)15-11-7-9(12(2,3)4)5-6-10(11)14/h5-7,14H,1-4H3. The van der Waals surface area contributed by atoms with Crippen molar-refractivity contribution in [2.45, 2.75) is 33.1 Å². The molecule has 0 spiro atoms. The van der Waals surface area contributed by atoms with E-state index in [4.69, 9.17) is 4.74 Å². The Hall–Kier alpha value is -1.51. The van der Waals surface area contributed by atoms with Crippen molar-refractivity contribution in [3.63, 3.8) is 0 Å². The van der Waals surface area contributed by atoms with Gasteiger partial charge in [-0.05, 0) is 23.1 Å². The van der Waals surface area contributed by atoms with Crippen LogP contribution in [0.25, 0.3) is 0 Å². The number of phenolic OH excluding ortho intramolecular Hbond substituents is 1. The zero-order valence-corrected chi connectivity index (χ0v) is 9.50. The number of esters is 1. The van der Waals surface area contributed by atoms with E-state index in [0.717, 1.165) is 5.56 Å². The number of hydrogen-bond donors (Lipinski definition) is 1. The van der Waals surface area contributed by atoms with Crippen LogP contribution in [0.2, 0.25) is 0 Å². The average Bonchev–Trinajstić information content (AvgIpc) is 2.06.